The van der Waals surface area contributed by atoms with Gasteiger partial charge in [0.15, 0.2) is 0 Å². The maximum absolute atomic E-state index is 2.50. The van der Waals surface area contributed by atoms with Gasteiger partial charge in [-0.15, -0.1) is 11.3 Å². The molecule has 0 aliphatic heterocycles. The number of hydrogen-bond acceptors (Lipinski definition) is 2. The summed E-state index contributed by atoms with van der Waals surface area (Å²) in [7, 11) is 0. The monoisotopic (exact) mass is 643 g/mol. The van der Waals surface area contributed by atoms with Crippen LogP contribution in [0.2, 0.25) is 0 Å². The van der Waals surface area contributed by atoms with Gasteiger partial charge in [0, 0.05) is 32.0 Å². The molecule has 0 unspecified atom stereocenters. The van der Waals surface area contributed by atoms with Gasteiger partial charge in [0.1, 0.15) is 0 Å². The van der Waals surface area contributed by atoms with Crippen LogP contribution < -0.4 is 4.90 Å². The van der Waals surface area contributed by atoms with Crippen LogP contribution in [0.15, 0.2) is 164 Å². The maximum Gasteiger partial charge on any atom is 0.0640 e. The molecule has 1 aliphatic rings. The lowest BCUT2D eigenvalue weighted by Crippen LogP contribution is -2.17. The van der Waals surface area contributed by atoms with Gasteiger partial charge in [0.05, 0.1) is 16.1 Å². The lowest BCUT2D eigenvalue weighted by atomic mass is 9.81. The highest BCUT2D eigenvalue weighted by molar-refractivity contribution is 7.26. The zero-order valence-electron chi connectivity index (χ0n) is 27.4. The summed E-state index contributed by atoms with van der Waals surface area (Å²) < 4.78 is 2.62. The third-order valence-corrected chi connectivity index (χ3v) is 11.8. The van der Waals surface area contributed by atoms with E-state index in [1.807, 2.05) is 11.3 Å². The molecule has 0 fully saturated rings. The van der Waals surface area contributed by atoms with Crippen LogP contribution in [0.5, 0.6) is 0 Å². The summed E-state index contributed by atoms with van der Waals surface area (Å²) in [5, 5.41) is 7.71. The van der Waals surface area contributed by atoms with Crippen molar-refractivity contribution in [1.29, 1.82) is 0 Å². The van der Waals surface area contributed by atoms with Gasteiger partial charge in [0.2, 0.25) is 0 Å². The van der Waals surface area contributed by atoms with Crippen LogP contribution in [-0.2, 0) is 5.41 Å². The van der Waals surface area contributed by atoms with Crippen molar-refractivity contribution in [2.75, 3.05) is 4.90 Å². The number of para-hydroxylation sites is 1. The zero-order chi connectivity index (χ0) is 32.7. The predicted molar refractivity (Wildman–Crippen MR) is 212 cm³/mol. The first-order valence-corrected chi connectivity index (χ1v) is 17.8. The van der Waals surface area contributed by atoms with Crippen molar-refractivity contribution < 1.29 is 0 Å². The summed E-state index contributed by atoms with van der Waals surface area (Å²) in [6, 6.07) is 60.5. The largest absolute Gasteiger partial charge is 0.308 e. The Bertz CT molecular complexity index is 2750. The Labute approximate surface area is 290 Å². The molecule has 0 amide bonds. The van der Waals surface area contributed by atoms with Gasteiger partial charge in [0.25, 0.3) is 0 Å². The second kappa shape index (κ2) is 10.7. The number of hydrogen-bond donors (Lipinski definition) is 0. The van der Waals surface area contributed by atoms with Gasteiger partial charge < -0.3 is 4.90 Å². The van der Waals surface area contributed by atoms with Crippen LogP contribution in [-0.4, -0.2) is 0 Å². The van der Waals surface area contributed by atoms with E-state index in [2.05, 4.69) is 183 Å². The number of rotatable bonds is 4. The first-order valence-electron chi connectivity index (χ1n) is 17.0. The van der Waals surface area contributed by atoms with Crippen LogP contribution >= 0.6 is 11.3 Å². The van der Waals surface area contributed by atoms with E-state index in [4.69, 9.17) is 0 Å². The van der Waals surface area contributed by atoms with Crippen molar-refractivity contribution in [1.82, 2.24) is 0 Å². The Morgan fingerprint density at radius 3 is 2.00 bits per heavy atom. The first-order chi connectivity index (χ1) is 24.1. The molecule has 2 heteroatoms. The summed E-state index contributed by atoms with van der Waals surface area (Å²) >= 11 is 1.88. The van der Waals surface area contributed by atoms with E-state index in [-0.39, 0.29) is 5.41 Å². The quantitative estimate of drug-likeness (QED) is 0.184. The number of anilines is 3. The third kappa shape index (κ3) is 4.24. The number of thiophene rings is 1. The van der Waals surface area contributed by atoms with E-state index in [1.165, 1.54) is 86.5 Å². The van der Waals surface area contributed by atoms with Gasteiger partial charge in [-0.3, -0.25) is 0 Å². The van der Waals surface area contributed by atoms with Crippen LogP contribution in [0.4, 0.5) is 17.1 Å². The van der Waals surface area contributed by atoms with Gasteiger partial charge in [-0.25, -0.2) is 0 Å². The molecular formula is C47H33NS. The SMILES string of the molecule is CC1(C)c2cc(-c3ccc4ccccc4c3)ccc2-c2c1cc(N(c1ccccc1)c1cccc3c1sc1ccccc13)c1ccccc21. The zero-order valence-corrected chi connectivity index (χ0v) is 28.3. The molecule has 232 valence electrons. The molecule has 9 aromatic rings. The Hall–Kier alpha value is -5.70. The minimum Gasteiger partial charge on any atom is -0.308 e. The third-order valence-electron chi connectivity index (χ3n) is 10.6. The number of benzene rings is 8. The molecule has 0 atom stereocenters. The number of fused-ring (bicyclic) bond motifs is 9. The molecule has 49 heavy (non-hydrogen) atoms. The molecule has 0 spiro atoms. The van der Waals surface area contributed by atoms with Gasteiger partial charge in [-0.2, -0.15) is 0 Å². The smallest absolute Gasteiger partial charge is 0.0640 e. The van der Waals surface area contributed by atoms with E-state index in [0.29, 0.717) is 0 Å². The fraction of sp³-hybridized carbons (Fsp3) is 0.0638. The first kappa shape index (κ1) is 28.3. The Morgan fingerprint density at radius 1 is 0.469 bits per heavy atom. The molecule has 0 radical (unpaired) electrons. The molecule has 1 aliphatic carbocycles. The van der Waals surface area contributed by atoms with E-state index < -0.39 is 0 Å². The highest BCUT2D eigenvalue weighted by Gasteiger charge is 2.38. The Morgan fingerprint density at radius 2 is 1.14 bits per heavy atom. The second-order valence-corrected chi connectivity index (χ2v) is 14.8. The molecule has 1 nitrogen and oxygen atoms in total. The molecule has 1 aromatic heterocycles. The van der Waals surface area contributed by atoms with E-state index in [9.17, 15) is 0 Å². The Balaban J connectivity index is 1.21. The van der Waals surface area contributed by atoms with Crippen molar-refractivity contribution in [2.24, 2.45) is 0 Å². The number of nitrogens with zero attached hydrogens (tertiary/aromatic N) is 1. The van der Waals surface area contributed by atoms with E-state index in [0.717, 1.165) is 5.69 Å². The van der Waals surface area contributed by atoms with Crippen LogP contribution in [0, 0.1) is 0 Å². The van der Waals surface area contributed by atoms with Crippen LogP contribution in [0.25, 0.3) is 64.0 Å². The van der Waals surface area contributed by atoms with E-state index in [1.54, 1.807) is 0 Å². The van der Waals surface area contributed by atoms with Gasteiger partial charge in [-0.1, -0.05) is 135 Å². The van der Waals surface area contributed by atoms with Crippen molar-refractivity contribution in [3.63, 3.8) is 0 Å². The highest BCUT2D eigenvalue weighted by Crippen LogP contribution is 2.56. The van der Waals surface area contributed by atoms with E-state index >= 15 is 0 Å². The molecule has 10 rings (SSSR count). The van der Waals surface area contributed by atoms with Crippen LogP contribution in [0.3, 0.4) is 0 Å². The summed E-state index contributed by atoms with van der Waals surface area (Å²) in [6.07, 6.45) is 0. The maximum atomic E-state index is 2.50. The van der Waals surface area contributed by atoms with Crippen molar-refractivity contribution in [3.05, 3.63) is 175 Å². The lowest BCUT2D eigenvalue weighted by molar-refractivity contribution is 0.661. The molecule has 1 heterocycles. The molecule has 8 aromatic carbocycles. The summed E-state index contributed by atoms with van der Waals surface area (Å²) in [5.41, 5.74) is 11.4. The van der Waals surface area contributed by atoms with Crippen LogP contribution in [0.1, 0.15) is 25.0 Å². The lowest BCUT2D eigenvalue weighted by Gasteiger charge is -2.30. The van der Waals surface area contributed by atoms with Crippen molar-refractivity contribution in [2.45, 2.75) is 19.3 Å². The predicted octanol–water partition coefficient (Wildman–Crippen LogP) is 13.8. The molecule has 0 saturated carbocycles. The average Bonchev–Trinajstić information content (AvgIpc) is 3.64. The van der Waals surface area contributed by atoms with Crippen molar-refractivity contribution in [3.8, 4) is 22.3 Å². The molecule has 0 bridgehead atoms. The second-order valence-electron chi connectivity index (χ2n) is 13.7. The molecule has 0 N–H and O–H groups in total. The van der Waals surface area contributed by atoms with Crippen molar-refractivity contribution >= 4 is 70.1 Å². The standard InChI is InChI=1S/C47H33NS/c1-47(2)40-28-33(32-24-23-30-13-6-7-14-31(30)27-32)25-26-39(40)45-37-19-9-8-17-35(37)43(29-41(45)47)48(34-15-4-3-5-16-34)42-21-12-20-38-36-18-10-11-22-44(36)49-46(38)42/h3-29H,1-2H3. The van der Waals surface area contributed by atoms with Gasteiger partial charge in [-0.05, 0) is 92.0 Å². The topological polar surface area (TPSA) is 3.24 Å². The summed E-state index contributed by atoms with van der Waals surface area (Å²) in [6.45, 7) is 4.81. The highest BCUT2D eigenvalue weighted by atomic mass is 32.1. The average molecular weight is 644 g/mol. The molecule has 0 saturated heterocycles. The summed E-state index contributed by atoms with van der Waals surface area (Å²) in [5.74, 6) is 0. The normalized spacial score (nSPS) is 13.3. The minimum atomic E-state index is -0.192. The fourth-order valence-electron chi connectivity index (χ4n) is 8.19. The Kier molecular flexibility index (Phi) is 6.16. The van der Waals surface area contributed by atoms with Gasteiger partial charge >= 0.3 is 0 Å². The summed E-state index contributed by atoms with van der Waals surface area (Å²) in [4.78, 5) is 2.50. The molecular weight excluding hydrogens is 611 g/mol. The minimum absolute atomic E-state index is 0.192. The fourth-order valence-corrected chi connectivity index (χ4v) is 9.40.